The second kappa shape index (κ2) is 6.59. The zero-order chi connectivity index (χ0) is 17.1. The van der Waals surface area contributed by atoms with E-state index in [1.807, 2.05) is 5.32 Å². The highest BCUT2D eigenvalue weighted by atomic mass is 19.4. The quantitative estimate of drug-likeness (QED) is 0.450. The fraction of sp³-hybridized carbons (Fsp3) is 0.286. The minimum atomic E-state index is -4.86. The lowest BCUT2D eigenvalue weighted by molar-refractivity contribution is -0.114. The number of carbonyl (C=O) groups excluding carboxylic acids is 1. The van der Waals surface area contributed by atoms with Gasteiger partial charge in [0.25, 0.3) is 5.91 Å². The molecule has 0 saturated heterocycles. The summed E-state index contributed by atoms with van der Waals surface area (Å²) in [5, 5.41) is 18.3. The normalized spacial score (nSPS) is 12.6. The predicted molar refractivity (Wildman–Crippen MR) is 73.6 cm³/mol. The molecule has 0 aliphatic heterocycles. The third kappa shape index (κ3) is 3.84. The molecule has 120 valence electrons. The van der Waals surface area contributed by atoms with Crippen molar-refractivity contribution in [1.29, 1.82) is 5.41 Å². The van der Waals surface area contributed by atoms with Gasteiger partial charge in [0.2, 0.25) is 0 Å². The first-order valence-electron chi connectivity index (χ1n) is 6.23. The molecule has 0 fully saturated rings. The van der Waals surface area contributed by atoms with Crippen LogP contribution in [0.25, 0.3) is 0 Å². The Bertz CT molecular complexity index is 636. The molecule has 0 aliphatic carbocycles. The molecule has 1 aromatic carbocycles. The van der Waals surface area contributed by atoms with Crippen molar-refractivity contribution in [3.8, 4) is 5.75 Å². The number of allylic oxidation sites excluding steroid dienone is 1. The summed E-state index contributed by atoms with van der Waals surface area (Å²) in [5.41, 5.74) is -2.31. The number of rotatable bonds is 4. The standard InChI is InChI=1S/C14H14F4N2O2/c1-3-8(9(6-19)14(16,17)18)13(22)20-11-5-12(21)7(2)4-10(11)15/h4-6,19,21H,3H2,1-2H3,(H,20,22)/b9-8+,19-6?. The Balaban J connectivity index is 3.23. The summed E-state index contributed by atoms with van der Waals surface area (Å²) in [7, 11) is 0. The second-order valence-electron chi connectivity index (χ2n) is 4.46. The molecule has 1 aromatic rings. The lowest BCUT2D eigenvalue weighted by Crippen LogP contribution is -2.23. The van der Waals surface area contributed by atoms with Gasteiger partial charge in [0.05, 0.1) is 11.3 Å². The van der Waals surface area contributed by atoms with Gasteiger partial charge in [-0.25, -0.2) is 4.39 Å². The Kier molecular flexibility index (Phi) is 5.29. The molecule has 0 saturated carbocycles. The van der Waals surface area contributed by atoms with Crippen LogP contribution in [0.5, 0.6) is 5.75 Å². The van der Waals surface area contributed by atoms with Crippen LogP contribution in [-0.4, -0.2) is 23.4 Å². The topological polar surface area (TPSA) is 73.2 Å². The van der Waals surface area contributed by atoms with Gasteiger partial charge in [-0.15, -0.1) is 0 Å². The number of phenolic OH excluding ortho intramolecular Hbond substituents is 1. The molecule has 1 amide bonds. The number of phenols is 1. The maximum Gasteiger partial charge on any atom is 0.418 e. The predicted octanol–water partition coefficient (Wildman–Crippen LogP) is 3.70. The van der Waals surface area contributed by atoms with Crippen LogP contribution in [0.3, 0.4) is 0 Å². The van der Waals surface area contributed by atoms with E-state index >= 15 is 0 Å². The Hall–Kier alpha value is -2.38. The van der Waals surface area contributed by atoms with Gasteiger partial charge < -0.3 is 15.8 Å². The molecule has 0 aromatic heterocycles. The molecule has 1 rings (SSSR count). The third-order valence-electron chi connectivity index (χ3n) is 2.94. The van der Waals surface area contributed by atoms with E-state index in [-0.39, 0.29) is 23.9 Å². The van der Waals surface area contributed by atoms with Crippen LogP contribution in [0.15, 0.2) is 23.3 Å². The number of anilines is 1. The number of amides is 1. The van der Waals surface area contributed by atoms with Crippen molar-refractivity contribution >= 4 is 17.8 Å². The minimum absolute atomic E-state index is 0.0430. The fourth-order valence-electron chi connectivity index (χ4n) is 1.77. The first-order valence-corrected chi connectivity index (χ1v) is 6.23. The van der Waals surface area contributed by atoms with Crippen LogP contribution in [-0.2, 0) is 4.79 Å². The number of aryl methyl sites for hydroxylation is 1. The van der Waals surface area contributed by atoms with E-state index in [0.29, 0.717) is 0 Å². The summed E-state index contributed by atoms with van der Waals surface area (Å²) in [6.07, 6.45) is -5.12. The van der Waals surface area contributed by atoms with Gasteiger partial charge >= 0.3 is 6.18 Å². The lowest BCUT2D eigenvalue weighted by atomic mass is 10.0. The molecule has 0 radical (unpaired) electrons. The second-order valence-corrected chi connectivity index (χ2v) is 4.46. The molecule has 0 heterocycles. The van der Waals surface area contributed by atoms with Gasteiger partial charge in [-0.1, -0.05) is 6.92 Å². The van der Waals surface area contributed by atoms with Gasteiger partial charge in [0.15, 0.2) is 0 Å². The molecule has 0 bridgehead atoms. The van der Waals surface area contributed by atoms with Crippen LogP contribution in [0.2, 0.25) is 0 Å². The number of hydrogen-bond acceptors (Lipinski definition) is 3. The maximum atomic E-state index is 13.7. The first kappa shape index (κ1) is 17.7. The smallest absolute Gasteiger partial charge is 0.418 e. The van der Waals surface area contributed by atoms with E-state index < -0.39 is 34.7 Å². The third-order valence-corrected chi connectivity index (χ3v) is 2.94. The number of benzene rings is 1. The number of hydrogen-bond donors (Lipinski definition) is 3. The zero-order valence-electron chi connectivity index (χ0n) is 11.8. The monoisotopic (exact) mass is 318 g/mol. The Morgan fingerprint density at radius 3 is 2.45 bits per heavy atom. The van der Waals surface area contributed by atoms with Crippen LogP contribution >= 0.6 is 0 Å². The number of aromatic hydroxyl groups is 1. The number of carbonyl (C=O) groups is 1. The van der Waals surface area contributed by atoms with Crippen molar-refractivity contribution in [2.45, 2.75) is 26.4 Å². The van der Waals surface area contributed by atoms with Crippen LogP contribution < -0.4 is 5.32 Å². The van der Waals surface area contributed by atoms with E-state index in [0.717, 1.165) is 12.1 Å². The van der Waals surface area contributed by atoms with E-state index in [1.165, 1.54) is 13.8 Å². The van der Waals surface area contributed by atoms with E-state index in [2.05, 4.69) is 0 Å². The Labute approximate surface area is 124 Å². The van der Waals surface area contributed by atoms with Gasteiger partial charge in [-0.05, 0) is 25.0 Å². The number of nitrogens with one attached hydrogen (secondary N) is 2. The maximum absolute atomic E-state index is 13.7. The van der Waals surface area contributed by atoms with Gasteiger partial charge in [-0.3, -0.25) is 4.79 Å². The molecule has 0 spiro atoms. The van der Waals surface area contributed by atoms with E-state index in [1.54, 1.807) is 0 Å². The van der Waals surface area contributed by atoms with Gasteiger partial charge in [-0.2, -0.15) is 13.2 Å². The average Bonchev–Trinajstić information content (AvgIpc) is 2.40. The van der Waals surface area contributed by atoms with E-state index in [4.69, 9.17) is 5.41 Å². The molecular formula is C14H14F4N2O2. The van der Waals surface area contributed by atoms with Crippen molar-refractivity contribution in [3.05, 3.63) is 34.7 Å². The molecule has 0 aliphatic rings. The molecule has 4 nitrogen and oxygen atoms in total. The van der Waals surface area contributed by atoms with Crippen molar-refractivity contribution in [2.24, 2.45) is 0 Å². The van der Waals surface area contributed by atoms with Crippen LogP contribution in [0, 0.1) is 18.2 Å². The number of alkyl halides is 3. The summed E-state index contributed by atoms with van der Waals surface area (Å²) >= 11 is 0. The minimum Gasteiger partial charge on any atom is -0.508 e. The molecule has 8 heteroatoms. The van der Waals surface area contributed by atoms with Crippen LogP contribution in [0.1, 0.15) is 18.9 Å². The van der Waals surface area contributed by atoms with Gasteiger partial charge in [0, 0.05) is 17.9 Å². The van der Waals surface area contributed by atoms with Crippen molar-refractivity contribution in [2.75, 3.05) is 5.32 Å². The van der Waals surface area contributed by atoms with Crippen LogP contribution in [0.4, 0.5) is 23.2 Å². The highest BCUT2D eigenvalue weighted by Crippen LogP contribution is 2.30. The molecule has 0 atom stereocenters. The number of halogens is 4. The zero-order valence-corrected chi connectivity index (χ0v) is 11.8. The average molecular weight is 318 g/mol. The Morgan fingerprint density at radius 1 is 1.41 bits per heavy atom. The summed E-state index contributed by atoms with van der Waals surface area (Å²) in [5.74, 6) is -2.37. The van der Waals surface area contributed by atoms with Crippen molar-refractivity contribution < 1.29 is 27.5 Å². The molecule has 22 heavy (non-hydrogen) atoms. The largest absolute Gasteiger partial charge is 0.508 e. The summed E-state index contributed by atoms with van der Waals surface area (Å²) in [6, 6.07) is 1.86. The fourth-order valence-corrected chi connectivity index (χ4v) is 1.77. The molecular weight excluding hydrogens is 304 g/mol. The summed E-state index contributed by atoms with van der Waals surface area (Å²) < 4.78 is 51.9. The highest BCUT2D eigenvalue weighted by molar-refractivity contribution is 6.07. The van der Waals surface area contributed by atoms with Gasteiger partial charge in [0.1, 0.15) is 11.6 Å². The van der Waals surface area contributed by atoms with Crippen molar-refractivity contribution in [3.63, 3.8) is 0 Å². The van der Waals surface area contributed by atoms with E-state index in [9.17, 15) is 27.5 Å². The SMILES string of the molecule is CC/C(C(=O)Nc1cc(O)c(C)cc1F)=C(/C=N)C(F)(F)F. The van der Waals surface area contributed by atoms with Crippen molar-refractivity contribution in [1.82, 2.24) is 0 Å². The summed E-state index contributed by atoms with van der Waals surface area (Å²) in [4.78, 5) is 11.9. The Morgan fingerprint density at radius 2 is 2.00 bits per heavy atom. The molecule has 0 unspecified atom stereocenters. The highest BCUT2D eigenvalue weighted by Gasteiger charge is 2.36. The summed E-state index contributed by atoms with van der Waals surface area (Å²) in [6.45, 7) is 2.74. The lowest BCUT2D eigenvalue weighted by Gasteiger charge is -2.14. The first-order chi connectivity index (χ1) is 10.1. The molecule has 3 N–H and O–H groups in total.